The molecule has 0 N–H and O–H groups in total. The Bertz CT molecular complexity index is 850. The molecule has 1 amide bonds. The van der Waals surface area contributed by atoms with Gasteiger partial charge in [0.1, 0.15) is 11.4 Å². The predicted octanol–water partition coefficient (Wildman–Crippen LogP) is 4.03. The number of benzene rings is 1. The highest BCUT2D eigenvalue weighted by Crippen LogP contribution is 2.25. The van der Waals surface area contributed by atoms with Gasteiger partial charge in [-0.3, -0.25) is 9.78 Å². The molecule has 4 rings (SSSR count). The highest BCUT2D eigenvalue weighted by atomic mass is 16.5. The summed E-state index contributed by atoms with van der Waals surface area (Å²) in [6.45, 7) is 1.67. The Morgan fingerprint density at radius 1 is 0.960 bits per heavy atom. The van der Waals surface area contributed by atoms with Crippen LogP contribution in [0, 0.1) is 0 Å². The van der Waals surface area contributed by atoms with E-state index in [-0.39, 0.29) is 5.91 Å². The van der Waals surface area contributed by atoms with Crippen molar-refractivity contribution in [1.82, 2.24) is 15.0 Å². The molecule has 0 radical (unpaired) electrons. The summed E-state index contributed by atoms with van der Waals surface area (Å²) in [6.07, 6.45) is 4.99. The Balaban J connectivity index is 1.52. The number of carbonyl (C=O) groups excluding carboxylic acids is 1. The minimum atomic E-state index is 0.0568. The lowest BCUT2D eigenvalue weighted by Crippen LogP contribution is -2.35. The van der Waals surface area contributed by atoms with Crippen molar-refractivity contribution in [3.8, 4) is 22.7 Å². The molecule has 0 saturated carbocycles. The monoisotopic (exact) mass is 333 g/mol. The molecule has 5 nitrogen and oxygen atoms in total. The van der Waals surface area contributed by atoms with Gasteiger partial charge < -0.3 is 9.42 Å². The maximum absolute atomic E-state index is 12.5. The Labute approximate surface area is 146 Å². The lowest BCUT2D eigenvalue weighted by molar-refractivity contribution is 0.0724. The zero-order chi connectivity index (χ0) is 17.1. The Kier molecular flexibility index (Phi) is 4.29. The van der Waals surface area contributed by atoms with Crippen LogP contribution in [0.15, 0.2) is 59.3 Å². The van der Waals surface area contributed by atoms with Gasteiger partial charge in [0.2, 0.25) is 0 Å². The summed E-state index contributed by atoms with van der Waals surface area (Å²) in [5, 5.41) is 4.10. The number of nitrogens with zero attached hydrogens (tertiary/aromatic N) is 3. The Morgan fingerprint density at radius 2 is 1.76 bits per heavy atom. The first-order chi connectivity index (χ1) is 12.3. The van der Waals surface area contributed by atoms with Crippen LogP contribution in [0.1, 0.15) is 29.6 Å². The number of aromatic nitrogens is 2. The van der Waals surface area contributed by atoms with E-state index in [1.807, 2.05) is 53.4 Å². The summed E-state index contributed by atoms with van der Waals surface area (Å²) >= 11 is 0. The first-order valence-corrected chi connectivity index (χ1v) is 8.59. The van der Waals surface area contributed by atoms with E-state index < -0.39 is 0 Å². The van der Waals surface area contributed by atoms with Crippen LogP contribution in [0.3, 0.4) is 0 Å². The van der Waals surface area contributed by atoms with Crippen LogP contribution < -0.4 is 0 Å². The fourth-order valence-electron chi connectivity index (χ4n) is 3.09. The number of likely N-dealkylation sites (tertiary alicyclic amines) is 1. The van der Waals surface area contributed by atoms with Crippen molar-refractivity contribution >= 4 is 5.91 Å². The topological polar surface area (TPSA) is 59.2 Å². The predicted molar refractivity (Wildman–Crippen MR) is 94.9 cm³/mol. The van der Waals surface area contributed by atoms with Crippen molar-refractivity contribution < 1.29 is 9.32 Å². The molecule has 1 aliphatic heterocycles. The molecule has 0 atom stereocenters. The molecule has 2 aromatic heterocycles. The number of rotatable bonds is 3. The SMILES string of the molecule is O=C(c1ccc(-c2cc(-c3ccccc3)no2)nc1)N1CCCCC1. The second-order valence-electron chi connectivity index (χ2n) is 6.23. The molecule has 1 aromatic carbocycles. The van der Waals surface area contributed by atoms with E-state index in [2.05, 4.69) is 10.1 Å². The molecular weight excluding hydrogens is 314 g/mol. The number of piperidine rings is 1. The molecular formula is C20H19N3O2. The largest absolute Gasteiger partial charge is 0.354 e. The minimum absolute atomic E-state index is 0.0568. The van der Waals surface area contributed by atoms with Crippen molar-refractivity contribution in [3.63, 3.8) is 0 Å². The third kappa shape index (κ3) is 3.31. The standard InChI is InChI=1S/C20H19N3O2/c24-20(23-11-5-2-6-12-23)16-9-10-17(21-14-16)19-13-18(22-25-19)15-7-3-1-4-8-15/h1,3-4,7-10,13-14H,2,5-6,11-12H2. The zero-order valence-corrected chi connectivity index (χ0v) is 13.9. The first-order valence-electron chi connectivity index (χ1n) is 8.59. The van der Waals surface area contributed by atoms with E-state index in [1.165, 1.54) is 6.42 Å². The van der Waals surface area contributed by atoms with Gasteiger partial charge in [-0.1, -0.05) is 35.5 Å². The fourth-order valence-corrected chi connectivity index (χ4v) is 3.09. The van der Waals surface area contributed by atoms with Crippen LogP contribution in [-0.4, -0.2) is 34.0 Å². The van der Waals surface area contributed by atoms with Gasteiger partial charge in [0.25, 0.3) is 5.91 Å². The van der Waals surface area contributed by atoms with Gasteiger partial charge >= 0.3 is 0 Å². The quantitative estimate of drug-likeness (QED) is 0.726. The Morgan fingerprint density at radius 3 is 2.48 bits per heavy atom. The molecule has 0 spiro atoms. The fraction of sp³-hybridized carbons (Fsp3) is 0.250. The summed E-state index contributed by atoms with van der Waals surface area (Å²) in [5.74, 6) is 0.650. The first kappa shape index (κ1) is 15.6. The normalized spacial score (nSPS) is 14.5. The van der Waals surface area contributed by atoms with Crippen molar-refractivity contribution in [2.24, 2.45) is 0 Å². The second-order valence-corrected chi connectivity index (χ2v) is 6.23. The minimum Gasteiger partial charge on any atom is -0.354 e. The van der Waals surface area contributed by atoms with Crippen LogP contribution >= 0.6 is 0 Å². The van der Waals surface area contributed by atoms with E-state index in [0.29, 0.717) is 17.0 Å². The number of carbonyl (C=O) groups is 1. The molecule has 5 heteroatoms. The van der Waals surface area contributed by atoms with Gasteiger partial charge in [0.15, 0.2) is 5.76 Å². The third-order valence-electron chi connectivity index (χ3n) is 4.49. The zero-order valence-electron chi connectivity index (χ0n) is 13.9. The van der Waals surface area contributed by atoms with Crippen LogP contribution in [0.25, 0.3) is 22.7 Å². The van der Waals surface area contributed by atoms with Crippen LogP contribution in [0.5, 0.6) is 0 Å². The third-order valence-corrected chi connectivity index (χ3v) is 4.49. The van der Waals surface area contributed by atoms with Gasteiger partial charge in [0.05, 0.1) is 5.56 Å². The van der Waals surface area contributed by atoms with Gasteiger partial charge in [-0.15, -0.1) is 0 Å². The number of hydrogen-bond acceptors (Lipinski definition) is 4. The lowest BCUT2D eigenvalue weighted by Gasteiger charge is -2.26. The number of hydrogen-bond donors (Lipinski definition) is 0. The van der Waals surface area contributed by atoms with Crippen molar-refractivity contribution in [2.75, 3.05) is 13.1 Å². The molecule has 3 heterocycles. The molecule has 0 aliphatic carbocycles. The molecule has 1 saturated heterocycles. The average molecular weight is 333 g/mol. The van der Waals surface area contributed by atoms with Crippen LogP contribution in [0.2, 0.25) is 0 Å². The summed E-state index contributed by atoms with van der Waals surface area (Å²) in [6, 6.07) is 15.3. The molecule has 1 fully saturated rings. The smallest absolute Gasteiger partial charge is 0.255 e. The molecule has 0 unspecified atom stereocenters. The van der Waals surface area contributed by atoms with Crippen molar-refractivity contribution in [1.29, 1.82) is 0 Å². The highest BCUT2D eigenvalue weighted by molar-refractivity contribution is 5.94. The lowest BCUT2D eigenvalue weighted by atomic mass is 10.1. The van der Waals surface area contributed by atoms with Gasteiger partial charge in [-0.2, -0.15) is 0 Å². The molecule has 3 aromatic rings. The number of amides is 1. The van der Waals surface area contributed by atoms with Gasteiger partial charge in [0, 0.05) is 30.9 Å². The van der Waals surface area contributed by atoms with Gasteiger partial charge in [-0.25, -0.2) is 0 Å². The van der Waals surface area contributed by atoms with E-state index >= 15 is 0 Å². The van der Waals surface area contributed by atoms with Crippen LogP contribution in [-0.2, 0) is 0 Å². The maximum atomic E-state index is 12.5. The van der Waals surface area contributed by atoms with Crippen molar-refractivity contribution in [2.45, 2.75) is 19.3 Å². The van der Waals surface area contributed by atoms with E-state index in [4.69, 9.17) is 4.52 Å². The van der Waals surface area contributed by atoms with Crippen LogP contribution in [0.4, 0.5) is 0 Å². The number of pyridine rings is 1. The van der Waals surface area contributed by atoms with E-state index in [9.17, 15) is 4.79 Å². The average Bonchev–Trinajstić information content (AvgIpc) is 3.19. The summed E-state index contributed by atoms with van der Waals surface area (Å²) in [5.41, 5.74) is 3.05. The van der Waals surface area contributed by atoms with E-state index in [0.717, 1.165) is 37.2 Å². The van der Waals surface area contributed by atoms with Crippen molar-refractivity contribution in [3.05, 3.63) is 60.3 Å². The second kappa shape index (κ2) is 6.89. The van der Waals surface area contributed by atoms with E-state index in [1.54, 1.807) is 6.20 Å². The summed E-state index contributed by atoms with van der Waals surface area (Å²) in [7, 11) is 0. The summed E-state index contributed by atoms with van der Waals surface area (Å²) in [4.78, 5) is 18.8. The molecule has 0 bridgehead atoms. The summed E-state index contributed by atoms with van der Waals surface area (Å²) < 4.78 is 5.41. The highest BCUT2D eigenvalue weighted by Gasteiger charge is 2.19. The molecule has 126 valence electrons. The molecule has 25 heavy (non-hydrogen) atoms. The Hall–Kier alpha value is -2.95. The van der Waals surface area contributed by atoms with Gasteiger partial charge in [-0.05, 0) is 31.4 Å². The molecule has 1 aliphatic rings. The maximum Gasteiger partial charge on any atom is 0.255 e.